The van der Waals surface area contributed by atoms with Crippen LogP contribution >= 0.6 is 15.9 Å². The zero-order valence-corrected chi connectivity index (χ0v) is 14.8. The van der Waals surface area contributed by atoms with Crippen LogP contribution in [0.15, 0.2) is 57.5 Å². The summed E-state index contributed by atoms with van der Waals surface area (Å²) in [6.45, 7) is 0.989. The molecule has 0 aliphatic carbocycles. The minimum absolute atomic E-state index is 0.0375. The van der Waals surface area contributed by atoms with Gasteiger partial charge in [0.2, 0.25) is 0 Å². The summed E-state index contributed by atoms with van der Waals surface area (Å²) >= 11 is 3.42. The van der Waals surface area contributed by atoms with Gasteiger partial charge in [-0.05, 0) is 58.7 Å². The van der Waals surface area contributed by atoms with Gasteiger partial charge in [0, 0.05) is 22.1 Å². The van der Waals surface area contributed by atoms with Gasteiger partial charge in [0.25, 0.3) is 5.91 Å². The average Bonchev–Trinajstić information content (AvgIpc) is 3.05. The fourth-order valence-corrected chi connectivity index (χ4v) is 3.49. The van der Waals surface area contributed by atoms with E-state index in [4.69, 9.17) is 4.52 Å². The van der Waals surface area contributed by atoms with Crippen molar-refractivity contribution in [1.29, 1.82) is 0 Å². The lowest BCUT2D eigenvalue weighted by molar-refractivity contribution is 0.0730. The SMILES string of the molecule is O=C(c1ccccc1Br)N1CCc2c(noc2-c2ccc(F)cc2)C1. The fraction of sp³-hybridized carbons (Fsp3) is 0.158. The van der Waals surface area contributed by atoms with Gasteiger partial charge >= 0.3 is 0 Å². The molecule has 0 atom stereocenters. The molecule has 1 aliphatic rings. The van der Waals surface area contributed by atoms with Crippen LogP contribution in [0.1, 0.15) is 21.6 Å². The molecule has 0 saturated carbocycles. The third-order valence-corrected chi connectivity index (χ3v) is 5.03. The number of amides is 1. The Morgan fingerprint density at radius 1 is 1.16 bits per heavy atom. The lowest BCUT2D eigenvalue weighted by Crippen LogP contribution is -2.36. The smallest absolute Gasteiger partial charge is 0.255 e. The van der Waals surface area contributed by atoms with Gasteiger partial charge in [0.15, 0.2) is 5.76 Å². The van der Waals surface area contributed by atoms with Gasteiger partial charge in [-0.1, -0.05) is 17.3 Å². The molecular formula is C19H14BrFN2O2. The van der Waals surface area contributed by atoms with E-state index in [9.17, 15) is 9.18 Å². The summed E-state index contributed by atoms with van der Waals surface area (Å²) in [5, 5.41) is 4.13. The quantitative estimate of drug-likeness (QED) is 0.638. The van der Waals surface area contributed by atoms with Gasteiger partial charge in [-0.3, -0.25) is 4.79 Å². The highest BCUT2D eigenvalue weighted by Crippen LogP contribution is 2.31. The average molecular weight is 401 g/mol. The molecule has 0 fully saturated rings. The van der Waals surface area contributed by atoms with Crippen molar-refractivity contribution >= 4 is 21.8 Å². The van der Waals surface area contributed by atoms with E-state index in [1.165, 1.54) is 12.1 Å². The Labute approximate surface area is 152 Å². The zero-order chi connectivity index (χ0) is 17.4. The predicted octanol–water partition coefficient (Wildman–Crippen LogP) is 4.44. The lowest BCUT2D eigenvalue weighted by atomic mass is 10.00. The number of carbonyl (C=O) groups excluding carboxylic acids is 1. The van der Waals surface area contributed by atoms with Crippen molar-refractivity contribution in [3.63, 3.8) is 0 Å². The highest BCUT2D eigenvalue weighted by molar-refractivity contribution is 9.10. The molecule has 0 N–H and O–H groups in total. The zero-order valence-electron chi connectivity index (χ0n) is 13.2. The molecule has 4 rings (SSSR count). The van der Waals surface area contributed by atoms with Crippen molar-refractivity contribution in [2.24, 2.45) is 0 Å². The van der Waals surface area contributed by atoms with Crippen molar-refractivity contribution in [3.8, 4) is 11.3 Å². The second-order valence-electron chi connectivity index (χ2n) is 5.90. The van der Waals surface area contributed by atoms with Crippen LogP contribution in [0.2, 0.25) is 0 Å². The Morgan fingerprint density at radius 2 is 1.92 bits per heavy atom. The Morgan fingerprint density at radius 3 is 2.68 bits per heavy atom. The maximum absolute atomic E-state index is 13.1. The van der Waals surface area contributed by atoms with E-state index in [1.807, 2.05) is 18.2 Å². The van der Waals surface area contributed by atoms with E-state index in [0.29, 0.717) is 30.8 Å². The molecule has 0 unspecified atom stereocenters. The van der Waals surface area contributed by atoms with E-state index < -0.39 is 0 Å². The molecule has 0 bridgehead atoms. The molecule has 0 spiro atoms. The summed E-state index contributed by atoms with van der Waals surface area (Å²) in [6.07, 6.45) is 0.654. The van der Waals surface area contributed by atoms with Gasteiger partial charge in [0.05, 0.1) is 12.1 Å². The van der Waals surface area contributed by atoms with Crippen molar-refractivity contribution in [1.82, 2.24) is 10.1 Å². The van der Waals surface area contributed by atoms with Crippen molar-refractivity contribution in [2.45, 2.75) is 13.0 Å². The summed E-state index contributed by atoms with van der Waals surface area (Å²) in [6, 6.07) is 13.5. The molecule has 2 aromatic carbocycles. The molecule has 4 nitrogen and oxygen atoms in total. The second kappa shape index (κ2) is 6.44. The lowest BCUT2D eigenvalue weighted by Gasteiger charge is -2.26. The number of hydrogen-bond donors (Lipinski definition) is 0. The number of aromatic nitrogens is 1. The summed E-state index contributed by atoms with van der Waals surface area (Å²) in [5.74, 6) is 0.329. The van der Waals surface area contributed by atoms with Crippen LogP contribution in [0.5, 0.6) is 0 Å². The van der Waals surface area contributed by atoms with E-state index in [2.05, 4.69) is 21.1 Å². The fourth-order valence-electron chi connectivity index (χ4n) is 3.04. The Hall–Kier alpha value is -2.47. The van der Waals surface area contributed by atoms with E-state index >= 15 is 0 Å². The molecule has 25 heavy (non-hydrogen) atoms. The summed E-state index contributed by atoms with van der Waals surface area (Å²) in [7, 11) is 0. The third kappa shape index (κ3) is 2.98. The molecule has 126 valence electrons. The Kier molecular flexibility index (Phi) is 4.13. The van der Waals surface area contributed by atoms with Crippen LogP contribution in [0, 0.1) is 5.82 Å². The van der Waals surface area contributed by atoms with Crippen LogP contribution in [-0.4, -0.2) is 22.5 Å². The number of rotatable bonds is 2. The Balaban J connectivity index is 1.60. The standard InChI is InChI=1S/C19H14BrFN2O2/c20-16-4-2-1-3-14(16)19(24)23-10-9-15-17(11-23)22-25-18(15)12-5-7-13(21)8-6-12/h1-8H,9-11H2. The predicted molar refractivity (Wildman–Crippen MR) is 94.5 cm³/mol. The van der Waals surface area contributed by atoms with Gasteiger partial charge in [-0.2, -0.15) is 0 Å². The van der Waals surface area contributed by atoms with Crippen LogP contribution in [0.3, 0.4) is 0 Å². The van der Waals surface area contributed by atoms with E-state index in [-0.39, 0.29) is 11.7 Å². The highest BCUT2D eigenvalue weighted by atomic mass is 79.9. The molecule has 1 amide bonds. The second-order valence-corrected chi connectivity index (χ2v) is 6.75. The van der Waals surface area contributed by atoms with Crippen LogP contribution in [0.25, 0.3) is 11.3 Å². The van der Waals surface area contributed by atoms with Gasteiger partial charge < -0.3 is 9.42 Å². The molecule has 1 aliphatic heterocycles. The Bertz CT molecular complexity index is 937. The van der Waals surface area contributed by atoms with Gasteiger partial charge in [0.1, 0.15) is 11.5 Å². The minimum Gasteiger partial charge on any atom is -0.356 e. The summed E-state index contributed by atoms with van der Waals surface area (Å²) in [4.78, 5) is 14.5. The summed E-state index contributed by atoms with van der Waals surface area (Å²) in [5.41, 5.74) is 3.17. The topological polar surface area (TPSA) is 46.3 Å². The van der Waals surface area contributed by atoms with Crippen LogP contribution in [0.4, 0.5) is 4.39 Å². The van der Waals surface area contributed by atoms with Crippen molar-refractivity contribution in [2.75, 3.05) is 6.54 Å². The molecular weight excluding hydrogens is 387 g/mol. The molecule has 0 saturated heterocycles. The van der Waals surface area contributed by atoms with Gasteiger partial charge in [-0.25, -0.2) is 4.39 Å². The number of hydrogen-bond acceptors (Lipinski definition) is 3. The summed E-state index contributed by atoms with van der Waals surface area (Å²) < 4.78 is 19.4. The maximum atomic E-state index is 13.1. The van der Waals surface area contributed by atoms with Crippen LogP contribution in [-0.2, 0) is 13.0 Å². The molecule has 3 aromatic rings. The first-order valence-corrected chi connectivity index (χ1v) is 8.70. The third-order valence-electron chi connectivity index (χ3n) is 4.34. The monoisotopic (exact) mass is 400 g/mol. The molecule has 1 aromatic heterocycles. The van der Waals surface area contributed by atoms with Crippen molar-refractivity contribution < 1.29 is 13.7 Å². The highest BCUT2D eigenvalue weighted by Gasteiger charge is 2.28. The minimum atomic E-state index is -0.289. The van der Waals surface area contributed by atoms with E-state index in [1.54, 1.807) is 23.1 Å². The first kappa shape index (κ1) is 16.0. The first-order chi connectivity index (χ1) is 12.1. The number of carbonyl (C=O) groups is 1. The van der Waals surface area contributed by atoms with Gasteiger partial charge in [-0.15, -0.1) is 0 Å². The van der Waals surface area contributed by atoms with Crippen LogP contribution < -0.4 is 0 Å². The number of benzene rings is 2. The molecule has 6 heteroatoms. The van der Waals surface area contributed by atoms with E-state index in [0.717, 1.165) is 21.3 Å². The number of nitrogens with zero attached hydrogens (tertiary/aromatic N) is 2. The number of halogens is 2. The molecule has 0 radical (unpaired) electrons. The normalized spacial score (nSPS) is 13.6. The van der Waals surface area contributed by atoms with Crippen molar-refractivity contribution in [3.05, 3.63) is 75.6 Å². The largest absolute Gasteiger partial charge is 0.356 e. The molecule has 2 heterocycles. The number of fused-ring (bicyclic) bond motifs is 1. The first-order valence-electron chi connectivity index (χ1n) is 7.90. The maximum Gasteiger partial charge on any atom is 0.255 e.